The van der Waals surface area contributed by atoms with E-state index in [-0.39, 0.29) is 17.8 Å². The molecule has 2 rings (SSSR count). The summed E-state index contributed by atoms with van der Waals surface area (Å²) >= 11 is 0. The summed E-state index contributed by atoms with van der Waals surface area (Å²) < 4.78 is 1.26. The maximum absolute atomic E-state index is 11.6. The van der Waals surface area contributed by atoms with E-state index in [9.17, 15) is 14.9 Å². The van der Waals surface area contributed by atoms with Gasteiger partial charge in [0.1, 0.15) is 5.82 Å². The van der Waals surface area contributed by atoms with Crippen LogP contribution in [-0.2, 0) is 6.54 Å². The summed E-state index contributed by atoms with van der Waals surface area (Å²) in [6.07, 6.45) is 2.74. The third-order valence-electron chi connectivity index (χ3n) is 2.50. The average molecular weight is 261 g/mol. The largest absolute Gasteiger partial charge is 0.308 e. The van der Waals surface area contributed by atoms with E-state index in [0.717, 1.165) is 5.56 Å². The number of nitrogen functional groups attached to an aromatic ring is 1. The molecular weight excluding hydrogens is 250 g/mol. The topological polar surface area (TPSA) is 116 Å². The molecule has 19 heavy (non-hydrogen) atoms. The highest BCUT2D eigenvalue weighted by Gasteiger charge is 2.08. The predicted octanol–water partition coefficient (Wildman–Crippen LogP) is 0.485. The van der Waals surface area contributed by atoms with Gasteiger partial charge in [-0.25, -0.2) is 10.8 Å². The van der Waals surface area contributed by atoms with Crippen molar-refractivity contribution in [3.05, 3.63) is 62.7 Å². The van der Waals surface area contributed by atoms with Gasteiger partial charge in [-0.1, -0.05) is 0 Å². The number of hydrazine groups is 1. The highest BCUT2D eigenvalue weighted by atomic mass is 16.6. The van der Waals surface area contributed by atoms with Crippen LogP contribution in [0.3, 0.4) is 0 Å². The highest BCUT2D eigenvalue weighted by molar-refractivity contribution is 5.36. The van der Waals surface area contributed by atoms with Crippen LogP contribution in [0, 0.1) is 10.1 Å². The van der Waals surface area contributed by atoms with Crippen molar-refractivity contribution in [2.45, 2.75) is 6.54 Å². The van der Waals surface area contributed by atoms with Crippen LogP contribution in [0.1, 0.15) is 5.56 Å². The van der Waals surface area contributed by atoms with Crippen molar-refractivity contribution >= 4 is 11.5 Å². The molecule has 0 aromatic carbocycles. The summed E-state index contributed by atoms with van der Waals surface area (Å²) in [5.41, 5.74) is 2.70. The molecule has 2 aromatic rings. The van der Waals surface area contributed by atoms with Crippen LogP contribution in [0.15, 0.2) is 41.5 Å². The van der Waals surface area contributed by atoms with Crippen LogP contribution < -0.4 is 16.8 Å². The van der Waals surface area contributed by atoms with E-state index in [0.29, 0.717) is 5.82 Å². The van der Waals surface area contributed by atoms with Crippen molar-refractivity contribution < 1.29 is 4.92 Å². The smallest absolute Gasteiger partial charge is 0.285 e. The zero-order chi connectivity index (χ0) is 13.8. The lowest BCUT2D eigenvalue weighted by Crippen LogP contribution is -2.19. The van der Waals surface area contributed by atoms with Gasteiger partial charge in [-0.05, 0) is 17.7 Å². The molecule has 0 radical (unpaired) electrons. The molecule has 0 bridgehead atoms. The van der Waals surface area contributed by atoms with Crippen molar-refractivity contribution in [2.24, 2.45) is 5.84 Å². The van der Waals surface area contributed by atoms with Crippen LogP contribution in [-0.4, -0.2) is 14.5 Å². The first-order valence-corrected chi connectivity index (χ1v) is 5.36. The molecule has 0 spiro atoms. The van der Waals surface area contributed by atoms with Gasteiger partial charge in [-0.15, -0.1) is 0 Å². The molecule has 0 aliphatic carbocycles. The van der Waals surface area contributed by atoms with E-state index in [2.05, 4.69) is 10.4 Å². The van der Waals surface area contributed by atoms with E-state index in [1.165, 1.54) is 29.1 Å². The molecule has 98 valence electrons. The summed E-state index contributed by atoms with van der Waals surface area (Å²) in [7, 11) is 0. The maximum Gasteiger partial charge on any atom is 0.285 e. The monoisotopic (exact) mass is 261 g/mol. The number of hydrogen-bond acceptors (Lipinski definition) is 6. The fourth-order valence-corrected chi connectivity index (χ4v) is 1.60. The average Bonchev–Trinajstić information content (AvgIpc) is 2.41. The molecular formula is C11H11N5O3. The Morgan fingerprint density at radius 1 is 1.42 bits per heavy atom. The Hall–Kier alpha value is -2.74. The zero-order valence-electron chi connectivity index (χ0n) is 9.81. The molecule has 3 N–H and O–H groups in total. The number of pyridine rings is 2. The molecule has 0 atom stereocenters. The predicted molar refractivity (Wildman–Crippen MR) is 68.5 cm³/mol. The van der Waals surface area contributed by atoms with Crippen LogP contribution in [0.25, 0.3) is 0 Å². The lowest BCUT2D eigenvalue weighted by atomic mass is 10.2. The number of nitrogens with zero attached hydrogens (tertiary/aromatic N) is 3. The molecule has 0 fully saturated rings. The number of nitrogens with one attached hydrogen (secondary N) is 1. The Morgan fingerprint density at radius 2 is 2.21 bits per heavy atom. The van der Waals surface area contributed by atoms with Gasteiger partial charge in [0.15, 0.2) is 0 Å². The molecule has 0 aliphatic rings. The van der Waals surface area contributed by atoms with E-state index in [4.69, 9.17) is 5.84 Å². The zero-order valence-corrected chi connectivity index (χ0v) is 9.81. The normalized spacial score (nSPS) is 10.2. The molecule has 0 saturated carbocycles. The summed E-state index contributed by atoms with van der Waals surface area (Å²) in [5, 5.41) is 10.7. The maximum atomic E-state index is 11.6. The Bertz CT molecular complexity index is 667. The van der Waals surface area contributed by atoms with Gasteiger partial charge in [0.05, 0.1) is 17.7 Å². The fourth-order valence-electron chi connectivity index (χ4n) is 1.60. The summed E-state index contributed by atoms with van der Waals surface area (Å²) in [5.74, 6) is 5.69. The van der Waals surface area contributed by atoms with Gasteiger partial charge in [0, 0.05) is 18.3 Å². The van der Waals surface area contributed by atoms with Gasteiger partial charge in [-0.3, -0.25) is 14.9 Å². The van der Waals surface area contributed by atoms with Crippen molar-refractivity contribution in [3.63, 3.8) is 0 Å². The Kier molecular flexibility index (Phi) is 3.53. The fraction of sp³-hybridized carbons (Fsp3) is 0.0909. The van der Waals surface area contributed by atoms with Gasteiger partial charge >= 0.3 is 0 Å². The number of aromatic nitrogens is 2. The molecule has 0 unspecified atom stereocenters. The first kappa shape index (κ1) is 12.7. The van der Waals surface area contributed by atoms with Gasteiger partial charge < -0.3 is 9.99 Å². The number of rotatable bonds is 4. The van der Waals surface area contributed by atoms with Gasteiger partial charge in [0.25, 0.3) is 11.2 Å². The third kappa shape index (κ3) is 2.93. The van der Waals surface area contributed by atoms with Gasteiger partial charge in [0.2, 0.25) is 0 Å². The molecule has 0 aliphatic heterocycles. The van der Waals surface area contributed by atoms with Gasteiger partial charge in [-0.2, -0.15) is 0 Å². The van der Waals surface area contributed by atoms with E-state index < -0.39 is 4.92 Å². The second-order valence-corrected chi connectivity index (χ2v) is 3.80. The lowest BCUT2D eigenvalue weighted by molar-refractivity contribution is -0.385. The first-order chi connectivity index (χ1) is 9.10. The van der Waals surface area contributed by atoms with Crippen LogP contribution >= 0.6 is 0 Å². The minimum atomic E-state index is -0.546. The standard InChI is InChI=1S/C11H11N5O3/c12-14-10-5-8(3-4-13-10)6-15-7-9(16(18)19)1-2-11(15)17/h1-5,7H,6,12H2,(H,13,14). The van der Waals surface area contributed by atoms with Crippen molar-refractivity contribution in [2.75, 3.05) is 5.43 Å². The van der Waals surface area contributed by atoms with Crippen molar-refractivity contribution in [1.82, 2.24) is 9.55 Å². The number of hydrogen-bond donors (Lipinski definition) is 2. The number of nitrogens with two attached hydrogens (primary N) is 1. The van der Waals surface area contributed by atoms with Crippen LogP contribution in [0.2, 0.25) is 0 Å². The molecule has 2 aromatic heterocycles. The lowest BCUT2D eigenvalue weighted by Gasteiger charge is -2.06. The number of anilines is 1. The van der Waals surface area contributed by atoms with E-state index >= 15 is 0 Å². The first-order valence-electron chi connectivity index (χ1n) is 5.36. The second-order valence-electron chi connectivity index (χ2n) is 3.80. The summed E-state index contributed by atoms with van der Waals surface area (Å²) in [6, 6.07) is 5.71. The summed E-state index contributed by atoms with van der Waals surface area (Å²) in [4.78, 5) is 25.7. The highest BCUT2D eigenvalue weighted by Crippen LogP contribution is 2.10. The van der Waals surface area contributed by atoms with E-state index in [1.807, 2.05) is 0 Å². The Balaban J connectivity index is 2.34. The quantitative estimate of drug-likeness (QED) is 0.470. The third-order valence-corrected chi connectivity index (χ3v) is 2.50. The SMILES string of the molecule is NNc1cc(Cn2cc([N+](=O)[O-])ccc2=O)ccn1. The molecule has 8 heteroatoms. The van der Waals surface area contributed by atoms with Crippen LogP contribution in [0.5, 0.6) is 0 Å². The van der Waals surface area contributed by atoms with Crippen molar-refractivity contribution in [3.8, 4) is 0 Å². The molecule has 0 amide bonds. The molecule has 8 nitrogen and oxygen atoms in total. The molecule has 2 heterocycles. The Labute approximate surface area is 107 Å². The summed E-state index contributed by atoms with van der Waals surface area (Å²) in [6.45, 7) is 0.206. The molecule has 0 saturated heterocycles. The van der Waals surface area contributed by atoms with Crippen molar-refractivity contribution in [1.29, 1.82) is 0 Å². The Morgan fingerprint density at radius 3 is 2.89 bits per heavy atom. The second kappa shape index (κ2) is 5.27. The van der Waals surface area contributed by atoms with Crippen LogP contribution in [0.4, 0.5) is 11.5 Å². The number of nitro groups is 1. The van der Waals surface area contributed by atoms with E-state index in [1.54, 1.807) is 12.1 Å². The minimum Gasteiger partial charge on any atom is -0.308 e. The minimum absolute atomic E-state index is 0.133.